The Morgan fingerprint density at radius 3 is 1.45 bits per heavy atom. The summed E-state index contributed by atoms with van der Waals surface area (Å²) in [6, 6.07) is 16.9. The molecule has 0 amide bonds. The number of thiocarbonyl (C=S) groups is 1. The Bertz CT molecular complexity index is 520. The normalized spacial score (nSPS) is 12.2. The highest BCUT2D eigenvalue weighted by molar-refractivity contribution is 7.81. The first kappa shape index (κ1) is 16.6. The molecule has 0 aliphatic heterocycles. The summed E-state index contributed by atoms with van der Waals surface area (Å²) < 4.78 is 0. The summed E-state index contributed by atoms with van der Waals surface area (Å²) in [7, 11) is 0. The molecule has 0 fully saturated rings. The van der Waals surface area contributed by atoms with E-state index in [-0.39, 0.29) is 0 Å². The van der Waals surface area contributed by atoms with E-state index < -0.39 is 0 Å². The van der Waals surface area contributed by atoms with Gasteiger partial charge >= 0.3 is 0 Å². The van der Waals surface area contributed by atoms with E-state index in [9.17, 15) is 0 Å². The lowest BCUT2D eigenvalue weighted by Gasteiger charge is -2.26. The van der Waals surface area contributed by atoms with E-state index in [0.29, 0.717) is 5.92 Å². The molecule has 0 saturated carbocycles. The minimum Gasteiger partial charge on any atom is -0.0788 e. The standard InChI is InChI=1S/C15H12S.2C2H6/c1-10-11-6-2-4-8-13(11)15(16)14-9-5-3-7-12(10)14;2*1-2/h2-10H,1H3;2*1-2H3. The SMILES string of the molecule is CC.CC.CC1c2ccccc2C(=S)c2ccccc21. The zero-order valence-corrected chi connectivity index (χ0v) is 13.9. The van der Waals surface area contributed by atoms with Crippen molar-refractivity contribution < 1.29 is 0 Å². The molecule has 1 heteroatoms. The van der Waals surface area contributed by atoms with Crippen LogP contribution in [0.1, 0.15) is 62.8 Å². The second kappa shape index (κ2) is 7.96. The van der Waals surface area contributed by atoms with Crippen molar-refractivity contribution in [2.45, 2.75) is 40.5 Å². The molecule has 0 unspecified atom stereocenters. The molecule has 20 heavy (non-hydrogen) atoms. The molecule has 2 aromatic carbocycles. The highest BCUT2D eigenvalue weighted by Crippen LogP contribution is 2.36. The predicted octanol–water partition coefficient (Wildman–Crippen LogP) is 5.97. The van der Waals surface area contributed by atoms with Crippen LogP contribution >= 0.6 is 12.2 Å². The second-order valence-electron chi connectivity index (χ2n) is 4.23. The van der Waals surface area contributed by atoms with Gasteiger partial charge in [0, 0.05) is 5.92 Å². The fraction of sp³-hybridized carbons (Fsp3) is 0.316. The van der Waals surface area contributed by atoms with Crippen LogP contribution in [0.25, 0.3) is 0 Å². The van der Waals surface area contributed by atoms with Gasteiger partial charge in [-0.1, -0.05) is 95.4 Å². The Hall–Kier alpha value is -1.47. The molecular weight excluding hydrogens is 260 g/mol. The maximum absolute atomic E-state index is 5.57. The molecule has 1 aliphatic rings. The van der Waals surface area contributed by atoms with Crippen LogP contribution in [0.3, 0.4) is 0 Å². The number of rotatable bonds is 0. The van der Waals surface area contributed by atoms with Crippen LogP contribution in [0.5, 0.6) is 0 Å². The molecule has 0 heterocycles. The van der Waals surface area contributed by atoms with Crippen LogP contribution in [-0.4, -0.2) is 4.86 Å². The molecular formula is C19H24S. The molecule has 0 saturated heterocycles. The number of hydrogen-bond acceptors (Lipinski definition) is 1. The van der Waals surface area contributed by atoms with E-state index in [1.807, 2.05) is 27.7 Å². The summed E-state index contributed by atoms with van der Waals surface area (Å²) in [6.07, 6.45) is 0. The largest absolute Gasteiger partial charge is 0.0788 e. The van der Waals surface area contributed by atoms with Gasteiger partial charge in [0.15, 0.2) is 0 Å². The third-order valence-electron chi connectivity index (χ3n) is 3.34. The van der Waals surface area contributed by atoms with Crippen molar-refractivity contribution in [2.75, 3.05) is 0 Å². The maximum atomic E-state index is 5.57. The molecule has 0 aromatic heterocycles. The summed E-state index contributed by atoms with van der Waals surface area (Å²) >= 11 is 5.57. The van der Waals surface area contributed by atoms with Gasteiger partial charge in [0.05, 0.1) is 4.86 Å². The van der Waals surface area contributed by atoms with Gasteiger partial charge in [0.2, 0.25) is 0 Å². The average molecular weight is 284 g/mol. The summed E-state index contributed by atoms with van der Waals surface area (Å²) in [4.78, 5) is 0.990. The molecule has 0 atom stereocenters. The van der Waals surface area contributed by atoms with Crippen LogP contribution in [-0.2, 0) is 0 Å². The van der Waals surface area contributed by atoms with Gasteiger partial charge < -0.3 is 0 Å². The molecule has 0 bridgehead atoms. The first-order chi connectivity index (χ1) is 9.79. The third-order valence-corrected chi connectivity index (χ3v) is 3.78. The molecule has 0 N–H and O–H groups in total. The van der Waals surface area contributed by atoms with Crippen molar-refractivity contribution in [3.8, 4) is 0 Å². The number of fused-ring (bicyclic) bond motifs is 2. The third kappa shape index (κ3) is 2.99. The highest BCUT2D eigenvalue weighted by Gasteiger charge is 2.24. The minimum atomic E-state index is 0.444. The monoisotopic (exact) mass is 284 g/mol. The smallest absolute Gasteiger partial charge is 0.0527 e. The van der Waals surface area contributed by atoms with E-state index in [4.69, 9.17) is 12.2 Å². The second-order valence-corrected chi connectivity index (χ2v) is 4.63. The van der Waals surface area contributed by atoms with E-state index in [0.717, 1.165) is 4.86 Å². The van der Waals surface area contributed by atoms with Gasteiger partial charge in [-0.05, 0) is 22.3 Å². The molecule has 106 valence electrons. The fourth-order valence-corrected chi connectivity index (χ4v) is 2.85. The fourth-order valence-electron chi connectivity index (χ4n) is 2.48. The van der Waals surface area contributed by atoms with Crippen LogP contribution < -0.4 is 0 Å². The molecule has 3 rings (SSSR count). The van der Waals surface area contributed by atoms with Gasteiger partial charge in [-0.2, -0.15) is 0 Å². The van der Waals surface area contributed by atoms with Gasteiger partial charge in [0.25, 0.3) is 0 Å². The van der Waals surface area contributed by atoms with Crippen molar-refractivity contribution in [3.05, 3.63) is 70.8 Å². The zero-order chi connectivity index (χ0) is 15.1. The van der Waals surface area contributed by atoms with E-state index in [1.165, 1.54) is 22.3 Å². The lowest BCUT2D eigenvalue weighted by Crippen LogP contribution is -2.16. The maximum Gasteiger partial charge on any atom is 0.0527 e. The van der Waals surface area contributed by atoms with Crippen molar-refractivity contribution >= 4 is 17.1 Å². The van der Waals surface area contributed by atoms with Crippen LogP contribution in [0.4, 0.5) is 0 Å². The van der Waals surface area contributed by atoms with Gasteiger partial charge in [-0.25, -0.2) is 0 Å². The van der Waals surface area contributed by atoms with Crippen molar-refractivity contribution in [1.82, 2.24) is 0 Å². The minimum absolute atomic E-state index is 0.444. The summed E-state index contributed by atoms with van der Waals surface area (Å²) in [6.45, 7) is 10.2. The Labute approximate surface area is 128 Å². The molecule has 0 spiro atoms. The quantitative estimate of drug-likeness (QED) is 0.537. The summed E-state index contributed by atoms with van der Waals surface area (Å²) in [5.41, 5.74) is 5.16. The molecule has 1 aliphatic carbocycles. The lowest BCUT2D eigenvalue weighted by atomic mass is 9.79. The van der Waals surface area contributed by atoms with Crippen molar-refractivity contribution in [2.24, 2.45) is 0 Å². The Morgan fingerprint density at radius 2 is 1.05 bits per heavy atom. The van der Waals surface area contributed by atoms with E-state index in [2.05, 4.69) is 55.5 Å². The predicted molar refractivity (Wildman–Crippen MR) is 93.9 cm³/mol. The number of hydrogen-bond donors (Lipinski definition) is 0. The Morgan fingerprint density at radius 1 is 0.700 bits per heavy atom. The van der Waals surface area contributed by atoms with Crippen molar-refractivity contribution in [3.63, 3.8) is 0 Å². The topological polar surface area (TPSA) is 0 Å². The zero-order valence-electron chi connectivity index (χ0n) is 13.1. The van der Waals surface area contributed by atoms with E-state index in [1.54, 1.807) is 0 Å². The number of benzene rings is 2. The van der Waals surface area contributed by atoms with Crippen LogP contribution in [0.2, 0.25) is 0 Å². The van der Waals surface area contributed by atoms with Gasteiger partial charge in [-0.3, -0.25) is 0 Å². The molecule has 0 nitrogen and oxygen atoms in total. The van der Waals surface area contributed by atoms with Crippen LogP contribution in [0, 0.1) is 0 Å². The average Bonchev–Trinajstić information content (AvgIpc) is 2.56. The highest BCUT2D eigenvalue weighted by atomic mass is 32.1. The first-order valence-electron chi connectivity index (χ1n) is 7.51. The Kier molecular flexibility index (Phi) is 6.60. The van der Waals surface area contributed by atoms with Gasteiger partial charge in [-0.15, -0.1) is 0 Å². The lowest BCUT2D eigenvalue weighted by molar-refractivity contribution is 0.907. The van der Waals surface area contributed by atoms with Crippen LogP contribution in [0.15, 0.2) is 48.5 Å². The van der Waals surface area contributed by atoms with Crippen molar-refractivity contribution in [1.29, 1.82) is 0 Å². The summed E-state index contributed by atoms with van der Waals surface area (Å²) in [5.74, 6) is 0.444. The van der Waals surface area contributed by atoms with Gasteiger partial charge in [0.1, 0.15) is 0 Å². The summed E-state index contributed by atoms with van der Waals surface area (Å²) in [5, 5.41) is 0. The first-order valence-corrected chi connectivity index (χ1v) is 7.92. The van der Waals surface area contributed by atoms with E-state index >= 15 is 0 Å². The molecule has 0 radical (unpaired) electrons. The molecule has 2 aromatic rings. The Balaban J connectivity index is 0.000000461.